The van der Waals surface area contributed by atoms with Gasteiger partial charge in [0.1, 0.15) is 17.4 Å². The van der Waals surface area contributed by atoms with E-state index < -0.39 is 16.8 Å². The molecule has 0 saturated heterocycles. The van der Waals surface area contributed by atoms with Crippen molar-refractivity contribution in [3.8, 4) is 11.8 Å². The average molecular weight is 462 g/mol. The summed E-state index contributed by atoms with van der Waals surface area (Å²) in [7, 11) is 0. The molecule has 3 aromatic carbocycles. The van der Waals surface area contributed by atoms with Gasteiger partial charge in [-0.1, -0.05) is 23.7 Å². The highest BCUT2D eigenvalue weighted by molar-refractivity contribution is 6.30. The van der Waals surface area contributed by atoms with Gasteiger partial charge in [-0.2, -0.15) is 5.26 Å². The molecular weight excluding hydrogens is 446 g/mol. The van der Waals surface area contributed by atoms with Crippen LogP contribution < -0.4 is 10.1 Å². The first-order chi connectivity index (χ1) is 15.8. The van der Waals surface area contributed by atoms with Crippen molar-refractivity contribution >= 4 is 40.9 Å². The van der Waals surface area contributed by atoms with Crippen molar-refractivity contribution in [1.82, 2.24) is 0 Å². The number of ether oxygens (including phenoxy) is 1. The van der Waals surface area contributed by atoms with Crippen molar-refractivity contribution in [2.45, 2.75) is 6.92 Å². The Morgan fingerprint density at radius 2 is 1.76 bits per heavy atom. The molecule has 1 N–H and O–H groups in total. The highest BCUT2D eigenvalue weighted by atomic mass is 35.5. The van der Waals surface area contributed by atoms with Gasteiger partial charge in [-0.05, 0) is 66.6 Å². The molecule has 0 atom stereocenters. The Kier molecular flexibility index (Phi) is 7.18. The maximum absolute atomic E-state index is 12.5. The van der Waals surface area contributed by atoms with Crippen molar-refractivity contribution < 1.29 is 19.2 Å². The number of carbonyl (C=O) groups excluding carboxylic acids is 2. The molecule has 0 saturated carbocycles. The van der Waals surface area contributed by atoms with E-state index in [1.807, 2.05) is 6.07 Å². The first-order valence-corrected chi connectivity index (χ1v) is 9.90. The van der Waals surface area contributed by atoms with Crippen molar-refractivity contribution in [3.05, 3.63) is 104 Å². The minimum absolute atomic E-state index is 0.0987. The van der Waals surface area contributed by atoms with E-state index in [2.05, 4.69) is 5.32 Å². The third-order valence-corrected chi connectivity index (χ3v) is 4.77. The number of nitrogens with one attached hydrogen (secondary N) is 1. The van der Waals surface area contributed by atoms with Crippen LogP contribution in [0, 0.1) is 28.4 Å². The van der Waals surface area contributed by atoms with Gasteiger partial charge >= 0.3 is 5.97 Å². The molecule has 3 rings (SSSR count). The monoisotopic (exact) mass is 461 g/mol. The summed E-state index contributed by atoms with van der Waals surface area (Å²) in [4.78, 5) is 35.0. The first-order valence-electron chi connectivity index (χ1n) is 9.53. The Balaban J connectivity index is 1.70. The molecular formula is C24H16ClN3O5. The van der Waals surface area contributed by atoms with E-state index in [0.29, 0.717) is 27.4 Å². The van der Waals surface area contributed by atoms with Gasteiger partial charge in [-0.15, -0.1) is 0 Å². The fourth-order valence-corrected chi connectivity index (χ4v) is 2.92. The molecule has 33 heavy (non-hydrogen) atoms. The van der Waals surface area contributed by atoms with Crippen LogP contribution in [0.2, 0.25) is 5.02 Å². The fraction of sp³-hybridized carbons (Fsp3) is 0.0417. The third-order valence-electron chi connectivity index (χ3n) is 4.52. The summed E-state index contributed by atoms with van der Waals surface area (Å²) in [5, 5.41) is 23.3. The van der Waals surface area contributed by atoms with Gasteiger partial charge in [0.2, 0.25) is 0 Å². The molecule has 3 aromatic rings. The molecule has 0 unspecified atom stereocenters. The number of hydrogen-bond donors (Lipinski definition) is 1. The smallest absolute Gasteiger partial charge is 0.343 e. The SMILES string of the molecule is Cc1cc([N+](=O)[O-])ccc1NC(=O)C(C#N)=Cc1ccc(OC(=O)c2ccc(Cl)cc2)cc1. The molecule has 8 nitrogen and oxygen atoms in total. The highest BCUT2D eigenvalue weighted by Crippen LogP contribution is 2.22. The van der Waals surface area contributed by atoms with Crippen molar-refractivity contribution in [2.24, 2.45) is 0 Å². The number of aryl methyl sites for hydroxylation is 1. The van der Waals surface area contributed by atoms with Crippen molar-refractivity contribution in [3.63, 3.8) is 0 Å². The number of nitro groups is 1. The van der Waals surface area contributed by atoms with E-state index >= 15 is 0 Å². The number of nitro benzene ring substituents is 1. The maximum atomic E-state index is 12.5. The normalized spacial score (nSPS) is 10.8. The first kappa shape index (κ1) is 23.2. The molecule has 0 aliphatic carbocycles. The number of anilines is 1. The Morgan fingerprint density at radius 1 is 1.09 bits per heavy atom. The van der Waals surface area contributed by atoms with Crippen LogP contribution in [0.15, 0.2) is 72.3 Å². The summed E-state index contributed by atoms with van der Waals surface area (Å²) in [6, 6.07) is 18.3. The predicted octanol–water partition coefficient (Wildman–Crippen LogP) is 5.32. The predicted molar refractivity (Wildman–Crippen MR) is 123 cm³/mol. The molecule has 164 valence electrons. The number of esters is 1. The lowest BCUT2D eigenvalue weighted by atomic mass is 10.1. The molecule has 0 aromatic heterocycles. The number of non-ortho nitro benzene ring substituents is 1. The number of rotatable bonds is 6. The number of amides is 1. The molecule has 0 spiro atoms. The van der Waals surface area contributed by atoms with Gasteiger partial charge in [0, 0.05) is 22.8 Å². The second-order valence-electron chi connectivity index (χ2n) is 6.85. The van der Waals surface area contributed by atoms with E-state index in [-0.39, 0.29) is 17.0 Å². The Bertz CT molecular complexity index is 1290. The number of nitrogens with zero attached hydrogens (tertiary/aromatic N) is 2. The zero-order valence-corrected chi connectivity index (χ0v) is 18.0. The lowest BCUT2D eigenvalue weighted by molar-refractivity contribution is -0.384. The van der Waals surface area contributed by atoms with Gasteiger partial charge in [0.05, 0.1) is 10.5 Å². The van der Waals surface area contributed by atoms with E-state index in [4.69, 9.17) is 16.3 Å². The number of benzene rings is 3. The van der Waals surface area contributed by atoms with E-state index in [1.165, 1.54) is 36.4 Å². The second-order valence-corrected chi connectivity index (χ2v) is 7.28. The van der Waals surface area contributed by atoms with Gasteiger partial charge < -0.3 is 10.1 Å². The standard InChI is InChI=1S/C24H16ClN3O5/c1-15-12-20(28(31)32)8-11-22(15)27-23(29)18(14-26)13-16-2-9-21(10-3-16)33-24(30)17-4-6-19(25)7-5-17/h2-13H,1H3,(H,27,29). The molecule has 0 aliphatic rings. The van der Waals surface area contributed by atoms with Crippen molar-refractivity contribution in [1.29, 1.82) is 5.26 Å². The van der Waals surface area contributed by atoms with Crippen LogP contribution >= 0.6 is 11.6 Å². The number of nitriles is 1. The highest BCUT2D eigenvalue weighted by Gasteiger charge is 2.14. The number of halogens is 1. The van der Waals surface area contributed by atoms with E-state index in [0.717, 1.165) is 0 Å². The summed E-state index contributed by atoms with van der Waals surface area (Å²) in [6.45, 7) is 1.61. The fourth-order valence-electron chi connectivity index (χ4n) is 2.79. The van der Waals surface area contributed by atoms with Crippen LogP contribution in [0.4, 0.5) is 11.4 Å². The summed E-state index contributed by atoms with van der Waals surface area (Å²) in [6.07, 6.45) is 1.38. The van der Waals surface area contributed by atoms with Crippen LogP contribution in [-0.2, 0) is 4.79 Å². The molecule has 9 heteroatoms. The quantitative estimate of drug-likeness (QED) is 0.132. The lowest BCUT2D eigenvalue weighted by Gasteiger charge is -2.08. The Hall–Kier alpha value is -4.48. The summed E-state index contributed by atoms with van der Waals surface area (Å²) in [5.41, 5.74) is 1.46. The molecule has 0 radical (unpaired) electrons. The number of hydrogen-bond acceptors (Lipinski definition) is 6. The zero-order chi connectivity index (χ0) is 24.0. The van der Waals surface area contributed by atoms with E-state index in [1.54, 1.807) is 43.3 Å². The Labute approximate surface area is 193 Å². The topological polar surface area (TPSA) is 122 Å². The van der Waals surface area contributed by atoms with Crippen LogP contribution in [0.1, 0.15) is 21.5 Å². The van der Waals surface area contributed by atoms with Crippen LogP contribution in [-0.4, -0.2) is 16.8 Å². The molecule has 0 aliphatic heterocycles. The summed E-state index contributed by atoms with van der Waals surface area (Å²) >= 11 is 5.81. The molecule has 0 fully saturated rings. The minimum atomic E-state index is -0.660. The minimum Gasteiger partial charge on any atom is -0.423 e. The molecule has 0 bridgehead atoms. The maximum Gasteiger partial charge on any atom is 0.343 e. The van der Waals surface area contributed by atoms with E-state index in [9.17, 15) is 25.0 Å². The number of carbonyl (C=O) groups is 2. The summed E-state index contributed by atoms with van der Waals surface area (Å²) < 4.78 is 5.30. The van der Waals surface area contributed by atoms with Gasteiger partial charge in [0.25, 0.3) is 11.6 Å². The van der Waals surface area contributed by atoms with Crippen LogP contribution in [0.3, 0.4) is 0 Å². The van der Waals surface area contributed by atoms with Gasteiger partial charge in [-0.25, -0.2) is 4.79 Å². The van der Waals surface area contributed by atoms with Crippen molar-refractivity contribution in [2.75, 3.05) is 5.32 Å². The second kappa shape index (κ2) is 10.2. The summed E-state index contributed by atoms with van der Waals surface area (Å²) in [5.74, 6) is -0.922. The third kappa shape index (κ3) is 6.03. The molecule has 1 amide bonds. The van der Waals surface area contributed by atoms with Crippen LogP contribution in [0.25, 0.3) is 6.08 Å². The lowest BCUT2D eigenvalue weighted by Crippen LogP contribution is -2.14. The van der Waals surface area contributed by atoms with Gasteiger partial charge in [0.15, 0.2) is 0 Å². The zero-order valence-electron chi connectivity index (χ0n) is 17.2. The average Bonchev–Trinajstić information content (AvgIpc) is 2.80. The van der Waals surface area contributed by atoms with Crippen LogP contribution in [0.5, 0.6) is 5.75 Å². The largest absolute Gasteiger partial charge is 0.423 e. The molecule has 0 heterocycles. The Morgan fingerprint density at radius 3 is 2.33 bits per heavy atom. The van der Waals surface area contributed by atoms with Gasteiger partial charge in [-0.3, -0.25) is 14.9 Å².